The number of methoxy groups -OCH3 is 1. The Bertz CT molecular complexity index is 670. The second-order valence-electron chi connectivity index (χ2n) is 6.27. The number of rotatable bonds is 9. The minimum Gasteiger partial charge on any atom is -0.382 e. The zero-order valence-electron chi connectivity index (χ0n) is 16.0. The van der Waals surface area contributed by atoms with Crippen LogP contribution in [0.25, 0.3) is 0 Å². The molecule has 0 spiro atoms. The molecule has 7 nitrogen and oxygen atoms in total. The Hall–Kier alpha value is -0.910. The summed E-state index contributed by atoms with van der Waals surface area (Å²) in [7, 11) is 0.0959. The number of ether oxygens (including phenoxy) is 2. The molecule has 1 aliphatic rings. The topological polar surface area (TPSA) is 80.2 Å². The Balaban J connectivity index is 0.00000364. The van der Waals surface area contributed by atoms with Crippen LogP contribution in [0.4, 0.5) is 0 Å². The van der Waals surface area contributed by atoms with E-state index in [1.807, 2.05) is 6.07 Å². The number of sulfone groups is 1. The van der Waals surface area contributed by atoms with Crippen LogP contribution >= 0.6 is 24.0 Å². The standard InChI is InChI=1S/C18H29N3O4S.HI/c1-19-18(21-10-8-16(14-21)15-25-12-11-24-2)20-9-13-26(22,23)17-6-4-3-5-7-17;/h3-7,16H,8-15H2,1-2H3,(H,19,20);1H. The Kier molecular flexibility index (Phi) is 11.2. The summed E-state index contributed by atoms with van der Waals surface area (Å²) in [6.45, 7) is 4.00. The van der Waals surface area contributed by atoms with Crippen LogP contribution < -0.4 is 5.32 Å². The maximum atomic E-state index is 12.3. The molecule has 2 rings (SSSR count). The first-order chi connectivity index (χ1) is 12.6. The first kappa shape index (κ1) is 24.1. The molecule has 1 unspecified atom stereocenters. The Labute approximate surface area is 179 Å². The van der Waals surface area contributed by atoms with E-state index in [4.69, 9.17) is 9.47 Å². The van der Waals surface area contributed by atoms with Gasteiger partial charge in [0, 0.05) is 39.7 Å². The van der Waals surface area contributed by atoms with E-state index in [2.05, 4.69) is 15.2 Å². The number of nitrogens with zero attached hydrogens (tertiary/aromatic N) is 2. The number of aliphatic imine (C=N–C) groups is 1. The van der Waals surface area contributed by atoms with Crippen molar-refractivity contribution in [2.75, 3.05) is 59.4 Å². The summed E-state index contributed by atoms with van der Waals surface area (Å²) in [5.41, 5.74) is 0. The van der Waals surface area contributed by atoms with Gasteiger partial charge in [-0.2, -0.15) is 0 Å². The van der Waals surface area contributed by atoms with Gasteiger partial charge in [0.05, 0.1) is 30.5 Å². The van der Waals surface area contributed by atoms with Crippen molar-refractivity contribution < 1.29 is 17.9 Å². The first-order valence-corrected chi connectivity index (χ1v) is 10.5. The van der Waals surface area contributed by atoms with Crippen LogP contribution in [0.15, 0.2) is 40.2 Å². The molecule has 1 aromatic rings. The minimum atomic E-state index is -3.28. The van der Waals surface area contributed by atoms with Crippen molar-refractivity contribution in [1.82, 2.24) is 10.2 Å². The van der Waals surface area contributed by atoms with E-state index >= 15 is 0 Å². The quantitative estimate of drug-likeness (QED) is 0.235. The van der Waals surface area contributed by atoms with E-state index in [-0.39, 0.29) is 29.7 Å². The van der Waals surface area contributed by atoms with Crippen molar-refractivity contribution in [3.8, 4) is 0 Å². The van der Waals surface area contributed by atoms with E-state index < -0.39 is 9.84 Å². The molecule has 27 heavy (non-hydrogen) atoms. The van der Waals surface area contributed by atoms with E-state index in [9.17, 15) is 8.42 Å². The number of hydrogen-bond acceptors (Lipinski definition) is 5. The van der Waals surface area contributed by atoms with E-state index in [0.717, 1.165) is 25.5 Å². The minimum absolute atomic E-state index is 0. The Morgan fingerprint density at radius 2 is 2.04 bits per heavy atom. The SMILES string of the molecule is CN=C(NCCS(=O)(=O)c1ccccc1)N1CCC(COCCOC)C1.I. The molecule has 0 aliphatic carbocycles. The largest absolute Gasteiger partial charge is 0.382 e. The van der Waals surface area contributed by atoms with Crippen LogP contribution in [0.1, 0.15) is 6.42 Å². The number of nitrogens with one attached hydrogen (secondary N) is 1. The summed E-state index contributed by atoms with van der Waals surface area (Å²) >= 11 is 0. The van der Waals surface area contributed by atoms with Gasteiger partial charge in [0.15, 0.2) is 15.8 Å². The average Bonchev–Trinajstić information content (AvgIpc) is 3.12. The van der Waals surface area contributed by atoms with Gasteiger partial charge in [-0.05, 0) is 18.6 Å². The fourth-order valence-electron chi connectivity index (χ4n) is 2.93. The molecule has 1 aliphatic heterocycles. The van der Waals surface area contributed by atoms with E-state index in [0.29, 0.717) is 37.2 Å². The van der Waals surface area contributed by atoms with Crippen LogP contribution in [-0.2, 0) is 19.3 Å². The number of hydrogen-bond donors (Lipinski definition) is 1. The fraction of sp³-hybridized carbons (Fsp3) is 0.611. The van der Waals surface area contributed by atoms with Crippen molar-refractivity contribution in [2.45, 2.75) is 11.3 Å². The van der Waals surface area contributed by atoms with Gasteiger partial charge in [-0.15, -0.1) is 24.0 Å². The third kappa shape index (κ3) is 7.92. The summed E-state index contributed by atoms with van der Waals surface area (Å²) in [5, 5.41) is 3.17. The fourth-order valence-corrected chi connectivity index (χ4v) is 4.11. The lowest BCUT2D eigenvalue weighted by Gasteiger charge is -2.21. The Morgan fingerprint density at radius 1 is 1.30 bits per heavy atom. The van der Waals surface area contributed by atoms with Crippen LogP contribution in [0.5, 0.6) is 0 Å². The van der Waals surface area contributed by atoms with Crippen molar-refractivity contribution >= 4 is 39.8 Å². The summed E-state index contributed by atoms with van der Waals surface area (Å²) in [5.74, 6) is 1.24. The van der Waals surface area contributed by atoms with Crippen LogP contribution in [0.3, 0.4) is 0 Å². The molecule has 1 heterocycles. The Morgan fingerprint density at radius 3 is 2.70 bits per heavy atom. The van der Waals surface area contributed by atoms with E-state index in [1.165, 1.54) is 0 Å². The highest BCUT2D eigenvalue weighted by Crippen LogP contribution is 2.16. The smallest absolute Gasteiger partial charge is 0.193 e. The monoisotopic (exact) mass is 511 g/mol. The highest BCUT2D eigenvalue weighted by molar-refractivity contribution is 14.0. The summed E-state index contributed by atoms with van der Waals surface area (Å²) in [6.07, 6.45) is 1.04. The summed E-state index contributed by atoms with van der Waals surface area (Å²) in [6, 6.07) is 8.52. The average molecular weight is 511 g/mol. The van der Waals surface area contributed by atoms with Gasteiger partial charge >= 0.3 is 0 Å². The van der Waals surface area contributed by atoms with Crippen molar-refractivity contribution in [3.63, 3.8) is 0 Å². The maximum Gasteiger partial charge on any atom is 0.193 e. The molecule has 0 aromatic heterocycles. The molecule has 0 bridgehead atoms. The van der Waals surface area contributed by atoms with Crippen molar-refractivity contribution in [2.24, 2.45) is 10.9 Å². The van der Waals surface area contributed by atoms with Gasteiger partial charge in [0.2, 0.25) is 0 Å². The lowest BCUT2D eigenvalue weighted by molar-refractivity contribution is 0.0536. The predicted molar refractivity (Wildman–Crippen MR) is 118 cm³/mol. The van der Waals surface area contributed by atoms with Gasteiger partial charge in [0.25, 0.3) is 0 Å². The van der Waals surface area contributed by atoms with E-state index in [1.54, 1.807) is 38.4 Å². The zero-order valence-corrected chi connectivity index (χ0v) is 19.1. The van der Waals surface area contributed by atoms with Crippen LogP contribution in [0.2, 0.25) is 0 Å². The molecule has 9 heteroatoms. The normalized spacial score (nSPS) is 17.6. The zero-order chi connectivity index (χ0) is 18.8. The van der Waals surface area contributed by atoms with Crippen molar-refractivity contribution in [1.29, 1.82) is 0 Å². The third-order valence-corrected chi connectivity index (χ3v) is 6.07. The summed E-state index contributed by atoms with van der Waals surface area (Å²) < 4.78 is 35.2. The molecule has 1 aromatic carbocycles. The number of guanidine groups is 1. The lowest BCUT2D eigenvalue weighted by atomic mass is 10.1. The van der Waals surface area contributed by atoms with Gasteiger partial charge in [0.1, 0.15) is 0 Å². The molecular formula is C18H30IN3O4S. The van der Waals surface area contributed by atoms with Gasteiger partial charge in [-0.3, -0.25) is 4.99 Å². The molecule has 0 radical (unpaired) electrons. The van der Waals surface area contributed by atoms with Gasteiger partial charge in [-0.1, -0.05) is 18.2 Å². The number of likely N-dealkylation sites (tertiary alicyclic amines) is 1. The second-order valence-corrected chi connectivity index (χ2v) is 8.38. The molecule has 0 saturated carbocycles. The highest BCUT2D eigenvalue weighted by Gasteiger charge is 2.25. The number of halogens is 1. The molecule has 1 N–H and O–H groups in total. The first-order valence-electron chi connectivity index (χ1n) is 8.87. The van der Waals surface area contributed by atoms with Gasteiger partial charge in [-0.25, -0.2) is 8.42 Å². The molecular weight excluding hydrogens is 481 g/mol. The number of benzene rings is 1. The lowest BCUT2D eigenvalue weighted by Crippen LogP contribution is -2.42. The predicted octanol–water partition coefficient (Wildman–Crippen LogP) is 1.64. The maximum absolute atomic E-state index is 12.3. The van der Waals surface area contributed by atoms with Crippen LogP contribution in [0, 0.1) is 5.92 Å². The molecule has 1 atom stereocenters. The molecule has 0 amide bonds. The highest BCUT2D eigenvalue weighted by atomic mass is 127. The third-order valence-electron chi connectivity index (χ3n) is 4.34. The molecule has 1 saturated heterocycles. The molecule has 154 valence electrons. The molecule has 1 fully saturated rings. The van der Waals surface area contributed by atoms with Crippen LogP contribution in [-0.4, -0.2) is 78.6 Å². The summed E-state index contributed by atoms with van der Waals surface area (Å²) in [4.78, 5) is 6.79. The van der Waals surface area contributed by atoms with Gasteiger partial charge < -0.3 is 19.7 Å². The second kappa shape index (κ2) is 12.5. The van der Waals surface area contributed by atoms with Crippen molar-refractivity contribution in [3.05, 3.63) is 30.3 Å².